The van der Waals surface area contributed by atoms with Gasteiger partial charge in [0.05, 0.1) is 11.3 Å². The van der Waals surface area contributed by atoms with Gasteiger partial charge in [-0.3, -0.25) is 9.59 Å². The van der Waals surface area contributed by atoms with Crippen molar-refractivity contribution in [2.45, 2.75) is 25.8 Å². The van der Waals surface area contributed by atoms with Gasteiger partial charge in [-0.15, -0.1) is 0 Å². The van der Waals surface area contributed by atoms with Crippen LogP contribution in [0.2, 0.25) is 0 Å². The summed E-state index contributed by atoms with van der Waals surface area (Å²) in [5.41, 5.74) is 2.14. The molecule has 2 aliphatic heterocycles. The van der Waals surface area contributed by atoms with E-state index < -0.39 is 0 Å². The Morgan fingerprint density at radius 2 is 2.07 bits per heavy atom. The van der Waals surface area contributed by atoms with E-state index in [9.17, 15) is 9.59 Å². The molecular weight excluding hydrogens is 344 g/mol. The molecule has 7 nitrogen and oxygen atoms in total. The molecule has 2 N–H and O–H groups in total. The molecule has 2 amide bonds. The van der Waals surface area contributed by atoms with E-state index in [2.05, 4.69) is 26.6 Å². The van der Waals surface area contributed by atoms with Crippen molar-refractivity contribution in [1.29, 1.82) is 0 Å². The third-order valence-electron chi connectivity index (χ3n) is 4.93. The number of aromatic nitrogens is 1. The second-order valence-corrected chi connectivity index (χ2v) is 6.95. The number of benzene rings is 1. The third-order valence-corrected chi connectivity index (χ3v) is 4.93. The van der Waals surface area contributed by atoms with E-state index in [1.54, 1.807) is 18.2 Å². The van der Waals surface area contributed by atoms with E-state index in [4.69, 9.17) is 4.74 Å². The van der Waals surface area contributed by atoms with Crippen LogP contribution in [0, 0.1) is 6.92 Å². The largest absolute Gasteiger partial charge is 0.481 e. The van der Waals surface area contributed by atoms with E-state index in [0.29, 0.717) is 17.0 Å². The fourth-order valence-electron chi connectivity index (χ4n) is 3.46. The first kappa shape index (κ1) is 17.3. The number of piperidine rings is 1. The molecule has 2 aromatic rings. The highest BCUT2D eigenvalue weighted by molar-refractivity contribution is 6.03. The highest BCUT2D eigenvalue weighted by atomic mass is 16.5. The number of carbonyl (C=O) groups excluding carboxylic acids is 2. The van der Waals surface area contributed by atoms with Crippen LogP contribution in [0.5, 0.6) is 5.75 Å². The van der Waals surface area contributed by atoms with Crippen LogP contribution < -0.4 is 20.3 Å². The SMILES string of the molecule is Cc1ccc(N2CCC(NC(=O)c3cccc4c3OCC(=O)N4)CC2)nc1. The Hall–Kier alpha value is -3.09. The standard InChI is InChI=1S/C20H22N4O3/c1-13-5-6-17(21-11-13)24-9-7-14(8-10-24)22-20(26)15-3-2-4-16-19(15)27-12-18(25)23-16/h2-6,11,14H,7-10,12H2,1H3,(H,22,26)(H,23,25). The lowest BCUT2D eigenvalue weighted by molar-refractivity contribution is -0.118. The summed E-state index contributed by atoms with van der Waals surface area (Å²) in [7, 11) is 0. The van der Waals surface area contributed by atoms with Crippen molar-refractivity contribution in [3.05, 3.63) is 47.7 Å². The van der Waals surface area contributed by atoms with Gasteiger partial charge in [0, 0.05) is 25.3 Å². The molecule has 0 radical (unpaired) electrons. The van der Waals surface area contributed by atoms with Gasteiger partial charge in [-0.1, -0.05) is 12.1 Å². The van der Waals surface area contributed by atoms with Crippen LogP contribution in [0.3, 0.4) is 0 Å². The Balaban J connectivity index is 1.38. The molecule has 1 fully saturated rings. The molecule has 0 bridgehead atoms. The Morgan fingerprint density at radius 3 is 2.81 bits per heavy atom. The van der Waals surface area contributed by atoms with Gasteiger partial charge in [0.2, 0.25) is 0 Å². The zero-order valence-corrected chi connectivity index (χ0v) is 15.2. The van der Waals surface area contributed by atoms with E-state index in [1.807, 2.05) is 19.2 Å². The number of hydrogen-bond acceptors (Lipinski definition) is 5. The van der Waals surface area contributed by atoms with E-state index in [-0.39, 0.29) is 24.5 Å². The lowest BCUT2D eigenvalue weighted by Crippen LogP contribution is -2.45. The third kappa shape index (κ3) is 3.72. The summed E-state index contributed by atoms with van der Waals surface area (Å²) in [6, 6.07) is 9.40. The number of pyridine rings is 1. The second-order valence-electron chi connectivity index (χ2n) is 6.95. The molecule has 7 heteroatoms. The first-order chi connectivity index (χ1) is 13.1. The Labute approximate surface area is 157 Å². The lowest BCUT2D eigenvalue weighted by Gasteiger charge is -2.33. The number of nitrogens with one attached hydrogen (secondary N) is 2. The maximum absolute atomic E-state index is 12.7. The molecular formula is C20H22N4O3. The smallest absolute Gasteiger partial charge is 0.262 e. The van der Waals surface area contributed by atoms with Crippen LogP contribution in [0.1, 0.15) is 28.8 Å². The van der Waals surface area contributed by atoms with Crippen LogP contribution in [-0.2, 0) is 4.79 Å². The first-order valence-electron chi connectivity index (χ1n) is 9.14. The Morgan fingerprint density at radius 1 is 1.26 bits per heavy atom. The molecule has 2 aliphatic rings. The number of nitrogens with zero attached hydrogens (tertiary/aromatic N) is 2. The van der Waals surface area contributed by atoms with E-state index in [1.165, 1.54) is 0 Å². The van der Waals surface area contributed by atoms with E-state index in [0.717, 1.165) is 37.3 Å². The average molecular weight is 366 g/mol. The minimum Gasteiger partial charge on any atom is -0.481 e. The molecule has 0 spiro atoms. The number of aryl methyl sites for hydroxylation is 1. The number of ether oxygens (including phenoxy) is 1. The summed E-state index contributed by atoms with van der Waals surface area (Å²) in [5, 5.41) is 5.83. The molecule has 4 rings (SSSR count). The number of fused-ring (bicyclic) bond motifs is 1. The van der Waals surface area contributed by atoms with Crippen LogP contribution >= 0.6 is 0 Å². The number of para-hydroxylation sites is 1. The summed E-state index contributed by atoms with van der Waals surface area (Å²) in [4.78, 5) is 30.9. The second kappa shape index (κ2) is 7.26. The zero-order valence-electron chi connectivity index (χ0n) is 15.2. The molecule has 0 unspecified atom stereocenters. The van der Waals surface area contributed by atoms with Crippen LogP contribution in [0.15, 0.2) is 36.5 Å². The van der Waals surface area contributed by atoms with Gasteiger partial charge in [0.25, 0.3) is 11.8 Å². The average Bonchev–Trinajstić information content (AvgIpc) is 2.68. The van der Waals surface area contributed by atoms with Gasteiger partial charge < -0.3 is 20.3 Å². The predicted octanol–water partition coefficient (Wildman–Crippen LogP) is 2.12. The zero-order chi connectivity index (χ0) is 18.8. The number of carbonyl (C=O) groups is 2. The quantitative estimate of drug-likeness (QED) is 0.869. The van der Waals surface area contributed by atoms with Crippen molar-refractivity contribution in [2.75, 3.05) is 29.9 Å². The number of rotatable bonds is 3. The van der Waals surface area contributed by atoms with Crippen molar-refractivity contribution in [3.63, 3.8) is 0 Å². The first-order valence-corrected chi connectivity index (χ1v) is 9.14. The molecule has 0 saturated carbocycles. The maximum Gasteiger partial charge on any atom is 0.262 e. The van der Waals surface area contributed by atoms with Crippen LogP contribution in [-0.4, -0.2) is 42.5 Å². The van der Waals surface area contributed by atoms with Crippen molar-refractivity contribution in [3.8, 4) is 5.75 Å². The minimum absolute atomic E-state index is 0.0702. The fraction of sp³-hybridized carbons (Fsp3) is 0.350. The maximum atomic E-state index is 12.7. The number of amides is 2. The predicted molar refractivity (Wildman–Crippen MR) is 102 cm³/mol. The molecule has 3 heterocycles. The molecule has 27 heavy (non-hydrogen) atoms. The molecule has 1 aromatic heterocycles. The van der Waals surface area contributed by atoms with Crippen molar-refractivity contribution in [1.82, 2.24) is 10.3 Å². The van der Waals surface area contributed by atoms with Gasteiger partial charge >= 0.3 is 0 Å². The van der Waals surface area contributed by atoms with Crippen molar-refractivity contribution < 1.29 is 14.3 Å². The normalized spacial score (nSPS) is 16.9. The van der Waals surface area contributed by atoms with Crippen LogP contribution in [0.4, 0.5) is 11.5 Å². The summed E-state index contributed by atoms with van der Waals surface area (Å²) >= 11 is 0. The topological polar surface area (TPSA) is 83.6 Å². The molecule has 0 atom stereocenters. The van der Waals surface area contributed by atoms with Crippen LogP contribution in [0.25, 0.3) is 0 Å². The Kier molecular flexibility index (Phi) is 4.66. The van der Waals surface area contributed by atoms with E-state index >= 15 is 0 Å². The van der Waals surface area contributed by atoms with Gasteiger partial charge in [-0.2, -0.15) is 0 Å². The van der Waals surface area contributed by atoms with Gasteiger partial charge in [0.15, 0.2) is 12.4 Å². The monoisotopic (exact) mass is 366 g/mol. The minimum atomic E-state index is -0.211. The Bertz CT molecular complexity index is 858. The molecule has 1 aromatic carbocycles. The van der Waals surface area contributed by atoms with Gasteiger partial charge in [-0.25, -0.2) is 4.98 Å². The van der Waals surface area contributed by atoms with Gasteiger partial charge in [0.1, 0.15) is 5.82 Å². The molecule has 1 saturated heterocycles. The fourth-order valence-corrected chi connectivity index (χ4v) is 3.46. The lowest BCUT2D eigenvalue weighted by atomic mass is 10.0. The molecule has 0 aliphatic carbocycles. The highest BCUT2D eigenvalue weighted by Crippen LogP contribution is 2.31. The highest BCUT2D eigenvalue weighted by Gasteiger charge is 2.26. The van der Waals surface area contributed by atoms with Crippen molar-refractivity contribution >= 4 is 23.3 Å². The van der Waals surface area contributed by atoms with Gasteiger partial charge in [-0.05, 0) is 43.5 Å². The summed E-state index contributed by atoms with van der Waals surface area (Å²) < 4.78 is 5.47. The number of anilines is 2. The van der Waals surface area contributed by atoms with Crippen molar-refractivity contribution in [2.24, 2.45) is 0 Å². The number of hydrogen-bond donors (Lipinski definition) is 2. The summed E-state index contributed by atoms with van der Waals surface area (Å²) in [6.07, 6.45) is 3.59. The summed E-state index contributed by atoms with van der Waals surface area (Å²) in [6.45, 7) is 3.65. The summed E-state index contributed by atoms with van der Waals surface area (Å²) in [5.74, 6) is 1.04. The molecule has 140 valence electrons.